The summed E-state index contributed by atoms with van der Waals surface area (Å²) in [6.07, 6.45) is 1.78. The molecule has 0 aromatic carbocycles. The first-order valence-electron chi connectivity index (χ1n) is 6.93. The van der Waals surface area contributed by atoms with Crippen LogP contribution in [0.25, 0.3) is 17.0 Å². The van der Waals surface area contributed by atoms with E-state index in [2.05, 4.69) is 15.0 Å². The molecule has 12 heteroatoms. The van der Waals surface area contributed by atoms with Gasteiger partial charge in [-0.15, -0.1) is 0 Å². The summed E-state index contributed by atoms with van der Waals surface area (Å²) in [6.45, 7) is 0.418. The average Bonchev–Trinajstić information content (AvgIpc) is 3.16. The first kappa shape index (κ1) is 15.3. The Balaban J connectivity index is 1.84. The molecule has 24 heavy (non-hydrogen) atoms. The van der Waals surface area contributed by atoms with Gasteiger partial charge >= 0.3 is 0 Å². The van der Waals surface area contributed by atoms with E-state index in [1.54, 1.807) is 0 Å². The molecule has 11 nitrogen and oxygen atoms in total. The minimum Gasteiger partial charge on any atom is -0.779 e. The van der Waals surface area contributed by atoms with E-state index in [-0.39, 0.29) is 24.2 Å². The van der Waals surface area contributed by atoms with Crippen LogP contribution in [0.4, 0.5) is 5.95 Å². The standard InChI is InChI=1S/C12H14N5O6P/c1-24(19,20)23-8-7-10(22-12(8,3-18)4-21-7)17-5-15-6-2-14-11(13)16-9(6)17/h2,5,8,18H,3-4H2,1H3,(H,19,20)(H2,13,14,16)/p-1/t8?,12-/m0/s1. The molecular weight excluding hydrogens is 341 g/mol. The van der Waals surface area contributed by atoms with Crippen molar-refractivity contribution in [2.45, 2.75) is 11.7 Å². The molecule has 4 rings (SSSR count). The number of aliphatic hydroxyl groups excluding tert-OH is 1. The normalized spacial score (nSPS) is 28.0. The number of ether oxygens (including phenoxy) is 2. The first-order valence-corrected chi connectivity index (χ1v) is 8.92. The molecule has 0 saturated carbocycles. The highest BCUT2D eigenvalue weighted by Gasteiger charge is 2.60. The summed E-state index contributed by atoms with van der Waals surface area (Å²) in [6, 6.07) is 0. The molecule has 2 aromatic heterocycles. The van der Waals surface area contributed by atoms with E-state index < -0.39 is 25.9 Å². The van der Waals surface area contributed by atoms with Crippen molar-refractivity contribution in [3.05, 3.63) is 18.3 Å². The summed E-state index contributed by atoms with van der Waals surface area (Å²) < 4.78 is 29.4. The summed E-state index contributed by atoms with van der Waals surface area (Å²) in [5.41, 5.74) is 5.08. The fourth-order valence-corrected chi connectivity index (χ4v) is 3.40. The van der Waals surface area contributed by atoms with Gasteiger partial charge in [0, 0.05) is 6.66 Å². The van der Waals surface area contributed by atoms with Gasteiger partial charge in [0.1, 0.15) is 26.0 Å². The third-order valence-electron chi connectivity index (χ3n) is 3.79. The Morgan fingerprint density at radius 1 is 1.62 bits per heavy atom. The number of rotatable bonds is 4. The van der Waals surface area contributed by atoms with Crippen LogP contribution in [0.15, 0.2) is 18.3 Å². The second-order valence-corrected chi connectivity index (χ2v) is 7.34. The quantitative estimate of drug-likeness (QED) is 0.645. The molecule has 1 fully saturated rings. The van der Waals surface area contributed by atoms with Crippen molar-refractivity contribution in [3.8, 4) is 0 Å². The van der Waals surface area contributed by atoms with E-state index >= 15 is 0 Å². The summed E-state index contributed by atoms with van der Waals surface area (Å²) >= 11 is 0. The van der Waals surface area contributed by atoms with Gasteiger partial charge in [-0.05, 0) is 0 Å². The van der Waals surface area contributed by atoms with Crippen LogP contribution < -0.4 is 10.6 Å². The van der Waals surface area contributed by atoms with Crippen molar-refractivity contribution in [3.63, 3.8) is 0 Å². The van der Waals surface area contributed by atoms with Gasteiger partial charge in [-0.3, -0.25) is 0 Å². The highest BCUT2D eigenvalue weighted by molar-refractivity contribution is 7.50. The van der Waals surface area contributed by atoms with E-state index in [0.29, 0.717) is 11.2 Å². The summed E-state index contributed by atoms with van der Waals surface area (Å²) in [4.78, 5) is 23.6. The zero-order valence-electron chi connectivity index (χ0n) is 12.4. The largest absolute Gasteiger partial charge is 0.779 e. The second kappa shape index (κ2) is 4.90. The molecule has 3 atom stereocenters. The minimum atomic E-state index is -4.09. The maximum Gasteiger partial charge on any atom is 0.243 e. The van der Waals surface area contributed by atoms with Crippen LogP contribution in [-0.4, -0.2) is 56.2 Å². The third-order valence-corrected chi connectivity index (χ3v) is 4.38. The van der Waals surface area contributed by atoms with Gasteiger partial charge in [-0.25, -0.2) is 14.5 Å². The maximum absolute atomic E-state index is 11.5. The van der Waals surface area contributed by atoms with Crippen molar-refractivity contribution >= 4 is 30.6 Å². The fourth-order valence-electron chi connectivity index (χ4n) is 2.73. The Labute approximate surface area is 135 Å². The molecule has 0 amide bonds. The zero-order valence-corrected chi connectivity index (χ0v) is 13.3. The highest BCUT2D eigenvalue weighted by Crippen LogP contribution is 2.50. The van der Waals surface area contributed by atoms with Gasteiger partial charge in [-0.2, -0.15) is 4.98 Å². The van der Waals surface area contributed by atoms with Gasteiger partial charge in [0.15, 0.2) is 17.5 Å². The highest BCUT2D eigenvalue weighted by atomic mass is 31.2. The molecule has 2 unspecified atom stereocenters. The van der Waals surface area contributed by atoms with Gasteiger partial charge in [0.25, 0.3) is 0 Å². The van der Waals surface area contributed by atoms with Gasteiger partial charge in [-0.1, -0.05) is 0 Å². The van der Waals surface area contributed by atoms with E-state index in [0.717, 1.165) is 6.66 Å². The predicted octanol–water partition coefficient (Wildman–Crippen LogP) is -1.11. The number of hydrogen-bond donors (Lipinski definition) is 2. The van der Waals surface area contributed by atoms with Crippen LogP contribution in [0.5, 0.6) is 0 Å². The van der Waals surface area contributed by atoms with Crippen LogP contribution >= 0.6 is 7.60 Å². The number of hydrogen-bond acceptors (Lipinski definition) is 10. The number of aromatic nitrogens is 4. The number of nitrogens with zero attached hydrogens (tertiary/aromatic N) is 4. The Morgan fingerprint density at radius 2 is 2.42 bits per heavy atom. The Morgan fingerprint density at radius 3 is 3.12 bits per heavy atom. The smallest absolute Gasteiger partial charge is 0.243 e. The lowest BCUT2D eigenvalue weighted by Crippen LogP contribution is -2.45. The Kier molecular flexibility index (Phi) is 3.13. The van der Waals surface area contributed by atoms with Crippen LogP contribution in [0.2, 0.25) is 0 Å². The zero-order chi connectivity index (χ0) is 17.1. The van der Waals surface area contributed by atoms with E-state index in [4.69, 9.17) is 19.7 Å². The Hall–Kier alpha value is -2.20. The first-order chi connectivity index (χ1) is 11.3. The van der Waals surface area contributed by atoms with Crippen LogP contribution in [-0.2, 0) is 18.6 Å². The topological polar surface area (TPSA) is 158 Å². The van der Waals surface area contributed by atoms with Crippen molar-refractivity contribution in [1.82, 2.24) is 19.5 Å². The molecule has 2 bridgehead atoms. The fraction of sp³-hybridized carbons (Fsp3) is 0.417. The second-order valence-electron chi connectivity index (χ2n) is 5.59. The molecular formula is C12H13N5O6P-. The molecule has 4 heterocycles. The minimum absolute atomic E-state index is 0.0310. The number of anilines is 1. The number of nitrogens with two attached hydrogens (primary N) is 1. The lowest BCUT2D eigenvalue weighted by Gasteiger charge is -2.30. The molecule has 128 valence electrons. The molecule has 2 aliphatic heterocycles. The molecule has 2 aliphatic rings. The van der Waals surface area contributed by atoms with Crippen molar-refractivity contribution < 1.29 is 28.6 Å². The maximum atomic E-state index is 11.5. The number of nitrogen functional groups attached to an aromatic ring is 1. The van der Waals surface area contributed by atoms with E-state index in [9.17, 15) is 14.6 Å². The number of fused-ring (bicyclic) bond motifs is 3. The molecule has 2 aromatic rings. The van der Waals surface area contributed by atoms with Gasteiger partial charge < -0.3 is 34.3 Å². The van der Waals surface area contributed by atoms with Crippen LogP contribution in [0.1, 0.15) is 0 Å². The average molecular weight is 354 g/mol. The summed E-state index contributed by atoms with van der Waals surface area (Å²) in [7, 11) is -4.09. The third kappa shape index (κ3) is 2.17. The monoisotopic (exact) mass is 354 g/mol. The van der Waals surface area contributed by atoms with Crippen molar-refractivity contribution in [2.24, 2.45) is 0 Å². The molecule has 0 spiro atoms. The lowest BCUT2D eigenvalue weighted by molar-refractivity contribution is -0.204. The SMILES string of the molecule is CP(=O)([O-])OC1C2=C(n3cnc4cnc(N)nc43)O[C@@]1(CO)CO2. The molecule has 0 radical (unpaired) electrons. The van der Waals surface area contributed by atoms with Gasteiger partial charge in [0.05, 0.1) is 12.8 Å². The van der Waals surface area contributed by atoms with Crippen LogP contribution in [0.3, 0.4) is 0 Å². The summed E-state index contributed by atoms with van der Waals surface area (Å²) in [5.74, 6) is 0.342. The van der Waals surface area contributed by atoms with E-state index in [1.807, 2.05) is 0 Å². The number of imidazole rings is 1. The van der Waals surface area contributed by atoms with Crippen molar-refractivity contribution in [2.75, 3.05) is 25.6 Å². The van der Waals surface area contributed by atoms with Crippen LogP contribution in [0, 0.1) is 0 Å². The molecule has 1 saturated heterocycles. The number of aliphatic hydroxyl groups is 1. The summed E-state index contributed by atoms with van der Waals surface area (Å²) in [5, 5.41) is 9.71. The lowest BCUT2D eigenvalue weighted by atomic mass is 10.0. The molecule has 3 N–H and O–H groups in total. The van der Waals surface area contributed by atoms with E-state index in [1.165, 1.54) is 17.1 Å². The van der Waals surface area contributed by atoms with Crippen molar-refractivity contribution in [1.29, 1.82) is 0 Å². The Bertz CT molecular complexity index is 906. The molecule has 0 aliphatic carbocycles. The van der Waals surface area contributed by atoms with Gasteiger partial charge in [0.2, 0.25) is 17.4 Å². The predicted molar refractivity (Wildman–Crippen MR) is 78.2 cm³/mol.